The second-order valence-electron chi connectivity index (χ2n) is 11.1. The number of halogens is 1. The maximum atomic E-state index is 11.8. The number of likely N-dealkylation sites (tertiary alicyclic amines) is 1. The van der Waals surface area contributed by atoms with Crippen molar-refractivity contribution < 1.29 is 14.6 Å². The number of carboxylic acid groups (broad SMARTS) is 1. The zero-order valence-electron chi connectivity index (χ0n) is 23.2. The number of amides is 1. The highest BCUT2D eigenvalue weighted by Gasteiger charge is 2.34. The lowest BCUT2D eigenvalue weighted by Gasteiger charge is -2.41. The number of anilines is 2. The smallest absolute Gasteiger partial charge is 0.407 e. The van der Waals surface area contributed by atoms with E-state index >= 15 is 0 Å². The summed E-state index contributed by atoms with van der Waals surface area (Å²) in [6.45, 7) is 4.23. The fourth-order valence-corrected chi connectivity index (χ4v) is 6.98. The number of hydrogen-bond acceptors (Lipinski definition) is 8. The summed E-state index contributed by atoms with van der Waals surface area (Å²) >= 11 is 3.76. The Kier molecular flexibility index (Phi) is 7.86. The van der Waals surface area contributed by atoms with Gasteiger partial charge in [0.15, 0.2) is 0 Å². The number of likely N-dealkylation sites (N-methyl/N-ethyl adjacent to an activating group) is 1. The van der Waals surface area contributed by atoms with Gasteiger partial charge in [0, 0.05) is 53.3 Å². The number of benzene rings is 2. The third-order valence-electron chi connectivity index (χ3n) is 8.63. The fourth-order valence-electron chi connectivity index (χ4n) is 6.40. The zero-order valence-corrected chi connectivity index (χ0v) is 24.8. The molecular formula is C30H34BrN7O3. The molecule has 2 aromatic carbocycles. The molecule has 0 aliphatic carbocycles. The molecule has 1 N–H and O–H groups in total. The molecule has 2 saturated heterocycles. The lowest BCUT2D eigenvalue weighted by Crippen LogP contribution is -2.55. The number of rotatable bonds is 6. The van der Waals surface area contributed by atoms with E-state index in [1.165, 1.54) is 15.7 Å². The van der Waals surface area contributed by atoms with Crippen molar-refractivity contribution in [2.75, 3.05) is 56.2 Å². The van der Waals surface area contributed by atoms with Gasteiger partial charge in [0.2, 0.25) is 0 Å². The van der Waals surface area contributed by atoms with Crippen molar-refractivity contribution in [3.8, 4) is 12.1 Å². The normalized spacial score (nSPS) is 21.1. The van der Waals surface area contributed by atoms with E-state index in [0.29, 0.717) is 44.8 Å². The Morgan fingerprint density at radius 2 is 1.95 bits per heavy atom. The topological polar surface area (TPSA) is 109 Å². The molecule has 2 fully saturated rings. The molecule has 11 heteroatoms. The molecule has 1 aromatic heterocycles. The minimum atomic E-state index is -0.990. The third kappa shape index (κ3) is 5.51. The van der Waals surface area contributed by atoms with E-state index in [4.69, 9.17) is 14.7 Å². The largest absolute Gasteiger partial charge is 0.465 e. The molecule has 10 nitrogen and oxygen atoms in total. The summed E-state index contributed by atoms with van der Waals surface area (Å²) in [6, 6.07) is 15.1. The molecule has 3 aromatic rings. The Morgan fingerprint density at radius 1 is 1.12 bits per heavy atom. The van der Waals surface area contributed by atoms with Crippen LogP contribution in [0.1, 0.15) is 30.5 Å². The van der Waals surface area contributed by atoms with Gasteiger partial charge >= 0.3 is 12.1 Å². The first-order valence-electron chi connectivity index (χ1n) is 14.2. The van der Waals surface area contributed by atoms with E-state index in [1.807, 2.05) is 0 Å². The SMILES string of the molecule is CN1CCC[C@H]1COc1nc2c(c(N3CCN(C(=O)O)C(CC#N)C3)n1)CCN(c1cccc3cccc(Br)c13)C2. The first-order valence-corrected chi connectivity index (χ1v) is 15.0. The van der Waals surface area contributed by atoms with E-state index in [9.17, 15) is 15.2 Å². The highest BCUT2D eigenvalue weighted by atomic mass is 79.9. The van der Waals surface area contributed by atoms with Gasteiger partial charge in [-0.05, 0) is 50.4 Å². The second kappa shape index (κ2) is 11.7. The van der Waals surface area contributed by atoms with Gasteiger partial charge in [-0.15, -0.1) is 0 Å². The first kappa shape index (κ1) is 27.5. The summed E-state index contributed by atoms with van der Waals surface area (Å²) in [5, 5.41) is 21.4. The zero-order chi connectivity index (χ0) is 28.5. The van der Waals surface area contributed by atoms with Crippen molar-refractivity contribution in [2.24, 2.45) is 0 Å². The lowest BCUT2D eigenvalue weighted by atomic mass is 10.0. The van der Waals surface area contributed by atoms with Crippen LogP contribution in [0.3, 0.4) is 0 Å². The van der Waals surface area contributed by atoms with E-state index in [2.05, 4.69) is 80.1 Å². The van der Waals surface area contributed by atoms with Gasteiger partial charge in [-0.1, -0.05) is 40.2 Å². The fraction of sp³-hybridized carbons (Fsp3) is 0.467. The van der Waals surface area contributed by atoms with Crippen molar-refractivity contribution >= 4 is 44.3 Å². The highest BCUT2D eigenvalue weighted by Crippen LogP contribution is 2.37. The van der Waals surface area contributed by atoms with E-state index < -0.39 is 12.1 Å². The van der Waals surface area contributed by atoms with Crippen LogP contribution in [0.5, 0.6) is 6.01 Å². The molecule has 0 bridgehead atoms. The Bertz CT molecular complexity index is 1490. The molecule has 1 unspecified atom stereocenters. The molecule has 0 spiro atoms. The number of ether oxygens (including phenoxy) is 1. The van der Waals surface area contributed by atoms with Crippen LogP contribution >= 0.6 is 15.9 Å². The van der Waals surface area contributed by atoms with E-state index in [1.54, 1.807) is 0 Å². The van der Waals surface area contributed by atoms with Gasteiger partial charge in [-0.2, -0.15) is 15.2 Å². The standard InChI is InChI=1S/C30H34BrN7O3/c1-35-13-4-7-22(35)19-41-29-33-25-18-36(26-9-3-6-20-5-2-8-24(31)27(20)26)14-11-23(25)28(34-29)37-15-16-38(30(39)40)21(17-37)10-12-32/h2-3,5-6,8-9,21-22H,4,7,10-11,13-19H2,1H3,(H,39,40)/t21?,22-/m0/s1. The average molecular weight is 621 g/mol. The number of aromatic nitrogens is 2. The number of nitriles is 1. The summed E-state index contributed by atoms with van der Waals surface area (Å²) < 4.78 is 7.31. The number of fused-ring (bicyclic) bond motifs is 2. The lowest BCUT2D eigenvalue weighted by molar-refractivity contribution is 0.119. The van der Waals surface area contributed by atoms with Gasteiger partial charge in [0.05, 0.1) is 30.8 Å². The van der Waals surface area contributed by atoms with Crippen LogP contribution in [-0.2, 0) is 13.0 Å². The molecule has 2 atom stereocenters. The average Bonchev–Trinajstić information content (AvgIpc) is 3.39. The van der Waals surface area contributed by atoms with Gasteiger partial charge in [-0.3, -0.25) is 0 Å². The Labute approximate surface area is 248 Å². The molecule has 3 aliphatic heterocycles. The van der Waals surface area contributed by atoms with Crippen molar-refractivity contribution in [2.45, 2.75) is 44.3 Å². The van der Waals surface area contributed by atoms with Crippen LogP contribution in [0.4, 0.5) is 16.3 Å². The number of piperazine rings is 1. The van der Waals surface area contributed by atoms with Gasteiger partial charge in [0.25, 0.3) is 0 Å². The van der Waals surface area contributed by atoms with E-state index in [-0.39, 0.29) is 6.42 Å². The number of nitrogens with zero attached hydrogens (tertiary/aromatic N) is 7. The summed E-state index contributed by atoms with van der Waals surface area (Å²) in [5.41, 5.74) is 3.16. The Balaban J connectivity index is 1.34. The molecule has 6 rings (SSSR count). The van der Waals surface area contributed by atoms with Crippen LogP contribution in [0.2, 0.25) is 0 Å². The minimum Gasteiger partial charge on any atom is -0.465 e. The molecule has 0 radical (unpaired) electrons. The van der Waals surface area contributed by atoms with Crippen LogP contribution in [0, 0.1) is 11.3 Å². The number of hydrogen-bond donors (Lipinski definition) is 1. The van der Waals surface area contributed by atoms with Gasteiger partial charge in [-0.25, -0.2) is 4.79 Å². The summed E-state index contributed by atoms with van der Waals surface area (Å²) in [5.74, 6) is 0.802. The first-order chi connectivity index (χ1) is 19.9. The molecule has 0 saturated carbocycles. The summed E-state index contributed by atoms with van der Waals surface area (Å²) in [6.07, 6.45) is 2.14. The molecular weight excluding hydrogens is 586 g/mol. The summed E-state index contributed by atoms with van der Waals surface area (Å²) in [4.78, 5) is 29.9. The van der Waals surface area contributed by atoms with Crippen LogP contribution in [0.25, 0.3) is 10.8 Å². The van der Waals surface area contributed by atoms with Gasteiger partial charge in [0.1, 0.15) is 12.4 Å². The molecule has 214 valence electrons. The van der Waals surface area contributed by atoms with Crippen LogP contribution < -0.4 is 14.5 Å². The maximum absolute atomic E-state index is 11.8. The monoisotopic (exact) mass is 619 g/mol. The predicted octanol–water partition coefficient (Wildman–Crippen LogP) is 4.51. The van der Waals surface area contributed by atoms with Gasteiger partial charge < -0.3 is 29.4 Å². The van der Waals surface area contributed by atoms with Crippen LogP contribution in [0.15, 0.2) is 40.9 Å². The van der Waals surface area contributed by atoms with E-state index in [0.717, 1.165) is 59.6 Å². The molecule has 1 amide bonds. The minimum absolute atomic E-state index is 0.136. The van der Waals surface area contributed by atoms with Crippen molar-refractivity contribution in [1.82, 2.24) is 19.8 Å². The molecule has 3 aliphatic rings. The summed E-state index contributed by atoms with van der Waals surface area (Å²) in [7, 11) is 2.12. The van der Waals surface area contributed by atoms with Crippen molar-refractivity contribution in [1.29, 1.82) is 5.26 Å². The highest BCUT2D eigenvalue weighted by molar-refractivity contribution is 9.10. The maximum Gasteiger partial charge on any atom is 0.407 e. The van der Waals surface area contributed by atoms with Crippen molar-refractivity contribution in [3.63, 3.8) is 0 Å². The molecule has 4 heterocycles. The van der Waals surface area contributed by atoms with Crippen LogP contribution in [-0.4, -0.2) is 89.4 Å². The van der Waals surface area contributed by atoms with Crippen molar-refractivity contribution in [3.05, 3.63) is 52.1 Å². The third-order valence-corrected chi connectivity index (χ3v) is 9.29. The quantitative estimate of drug-likeness (QED) is 0.426. The number of carbonyl (C=O) groups is 1. The predicted molar refractivity (Wildman–Crippen MR) is 161 cm³/mol. The Hall–Kier alpha value is -3.62. The Morgan fingerprint density at radius 3 is 2.71 bits per heavy atom. The second-order valence-corrected chi connectivity index (χ2v) is 11.9. The molecule has 41 heavy (non-hydrogen) atoms.